The molecular weight excluding hydrogens is 365 g/mol. The molecule has 4 rings (SSSR count). The summed E-state index contributed by atoms with van der Waals surface area (Å²) >= 11 is 0. The van der Waals surface area contributed by atoms with Crippen LogP contribution in [0.25, 0.3) is 0 Å². The number of fused-ring (bicyclic) bond motifs is 1. The number of hydrogen-bond acceptors (Lipinski definition) is 4. The number of imide groups is 1. The maximum Gasteiger partial charge on any atom is 0.322 e. The Labute approximate surface area is 160 Å². The van der Waals surface area contributed by atoms with Crippen LogP contribution >= 0.6 is 0 Å². The monoisotopic (exact) mass is 383 g/mol. The molecule has 2 aromatic rings. The van der Waals surface area contributed by atoms with Crippen LogP contribution in [-0.2, 0) is 16.9 Å². The van der Waals surface area contributed by atoms with Crippen molar-refractivity contribution < 1.29 is 23.5 Å². The van der Waals surface area contributed by atoms with E-state index in [-0.39, 0.29) is 12.5 Å². The number of halogens is 1. The summed E-state index contributed by atoms with van der Waals surface area (Å²) in [6.07, 6.45) is 0. The molecule has 0 aliphatic carbocycles. The summed E-state index contributed by atoms with van der Waals surface area (Å²) in [6, 6.07) is 9.92. The van der Waals surface area contributed by atoms with Gasteiger partial charge in [0, 0.05) is 12.1 Å². The molecule has 1 saturated heterocycles. The maximum atomic E-state index is 13.4. The first kappa shape index (κ1) is 18.0. The molecule has 8 heteroatoms. The highest BCUT2D eigenvalue weighted by molar-refractivity contribution is 6.08. The second-order valence-corrected chi connectivity index (χ2v) is 6.73. The average molecular weight is 383 g/mol. The van der Waals surface area contributed by atoms with E-state index in [9.17, 15) is 18.8 Å². The number of carbonyl (C=O) groups excluding carboxylic acids is 3. The highest BCUT2D eigenvalue weighted by Gasteiger charge is 2.50. The van der Waals surface area contributed by atoms with Gasteiger partial charge in [0.15, 0.2) is 5.54 Å². The minimum atomic E-state index is -1.48. The molecule has 0 aromatic heterocycles. The van der Waals surface area contributed by atoms with Crippen LogP contribution in [0.15, 0.2) is 42.5 Å². The summed E-state index contributed by atoms with van der Waals surface area (Å²) in [7, 11) is 0. The molecule has 4 amide bonds. The van der Waals surface area contributed by atoms with Gasteiger partial charge in [-0.05, 0) is 42.3 Å². The lowest BCUT2D eigenvalue weighted by Crippen LogP contribution is -2.52. The third-order valence-corrected chi connectivity index (χ3v) is 4.98. The highest BCUT2D eigenvalue weighted by Crippen LogP contribution is 2.32. The molecule has 1 fully saturated rings. The van der Waals surface area contributed by atoms with E-state index in [0.717, 1.165) is 5.56 Å². The SMILES string of the molecule is CCOc1ccc2c(c1)C(=O)N(C[C@@]1(c3ccc(F)cc3)NC(=O)NC1=O)C2. The van der Waals surface area contributed by atoms with Gasteiger partial charge in [-0.25, -0.2) is 9.18 Å². The van der Waals surface area contributed by atoms with Crippen LogP contribution in [0.1, 0.15) is 28.4 Å². The third-order valence-electron chi connectivity index (χ3n) is 4.98. The van der Waals surface area contributed by atoms with Crippen LogP contribution in [0.2, 0.25) is 0 Å². The van der Waals surface area contributed by atoms with Crippen molar-refractivity contribution in [1.82, 2.24) is 15.5 Å². The zero-order chi connectivity index (χ0) is 19.9. The molecule has 144 valence electrons. The van der Waals surface area contributed by atoms with E-state index < -0.39 is 23.3 Å². The number of carbonyl (C=O) groups is 3. The van der Waals surface area contributed by atoms with Crippen LogP contribution in [0.5, 0.6) is 5.75 Å². The third kappa shape index (κ3) is 2.87. The average Bonchev–Trinajstić information content (AvgIpc) is 3.13. The Balaban J connectivity index is 1.67. The number of nitrogens with one attached hydrogen (secondary N) is 2. The molecular formula is C20H18FN3O4. The van der Waals surface area contributed by atoms with Gasteiger partial charge in [-0.3, -0.25) is 14.9 Å². The zero-order valence-corrected chi connectivity index (χ0v) is 15.1. The second kappa shape index (κ2) is 6.63. The number of nitrogens with zero attached hydrogens (tertiary/aromatic N) is 1. The van der Waals surface area contributed by atoms with Gasteiger partial charge in [0.05, 0.1) is 13.2 Å². The number of ether oxygens (including phenoxy) is 1. The Hall–Kier alpha value is -3.42. The Morgan fingerprint density at radius 2 is 1.89 bits per heavy atom. The van der Waals surface area contributed by atoms with Crippen molar-refractivity contribution in [2.24, 2.45) is 0 Å². The van der Waals surface area contributed by atoms with Crippen LogP contribution in [-0.4, -0.2) is 35.9 Å². The van der Waals surface area contributed by atoms with E-state index in [2.05, 4.69) is 10.6 Å². The van der Waals surface area contributed by atoms with Gasteiger partial charge in [-0.2, -0.15) is 0 Å². The molecule has 0 saturated carbocycles. The van der Waals surface area contributed by atoms with Crippen molar-refractivity contribution in [3.8, 4) is 5.75 Å². The molecule has 2 heterocycles. The molecule has 2 aromatic carbocycles. The van der Waals surface area contributed by atoms with Crippen molar-refractivity contribution >= 4 is 17.8 Å². The lowest BCUT2D eigenvalue weighted by Gasteiger charge is -2.31. The quantitative estimate of drug-likeness (QED) is 0.773. The fourth-order valence-electron chi connectivity index (χ4n) is 3.64. The summed E-state index contributed by atoms with van der Waals surface area (Å²) in [5.41, 5.74) is 0.235. The van der Waals surface area contributed by atoms with Crippen molar-refractivity contribution in [3.63, 3.8) is 0 Å². The summed E-state index contributed by atoms with van der Waals surface area (Å²) in [6.45, 7) is 2.56. The van der Waals surface area contributed by atoms with Crippen molar-refractivity contribution in [2.45, 2.75) is 19.0 Å². The molecule has 2 N–H and O–H groups in total. The summed E-state index contributed by atoms with van der Waals surface area (Å²) in [5.74, 6) is -0.705. The van der Waals surface area contributed by atoms with Crippen molar-refractivity contribution in [1.29, 1.82) is 0 Å². The normalized spacial score (nSPS) is 20.8. The number of urea groups is 1. The predicted octanol–water partition coefficient (Wildman–Crippen LogP) is 1.92. The van der Waals surface area contributed by atoms with Crippen LogP contribution in [0.3, 0.4) is 0 Å². The van der Waals surface area contributed by atoms with Gasteiger partial charge >= 0.3 is 6.03 Å². The Morgan fingerprint density at radius 1 is 1.14 bits per heavy atom. The largest absolute Gasteiger partial charge is 0.494 e. The highest BCUT2D eigenvalue weighted by atomic mass is 19.1. The Bertz CT molecular complexity index is 976. The minimum absolute atomic E-state index is 0.0757. The Morgan fingerprint density at radius 3 is 2.54 bits per heavy atom. The van der Waals surface area contributed by atoms with E-state index in [1.54, 1.807) is 12.1 Å². The fourth-order valence-corrected chi connectivity index (χ4v) is 3.64. The van der Waals surface area contributed by atoms with Gasteiger partial charge < -0.3 is 15.0 Å². The fraction of sp³-hybridized carbons (Fsp3) is 0.250. The molecule has 0 unspecified atom stereocenters. The number of amides is 4. The number of rotatable bonds is 5. The van der Waals surface area contributed by atoms with Gasteiger partial charge in [-0.15, -0.1) is 0 Å². The standard InChI is InChI=1S/C20H18FN3O4/c1-2-28-15-8-3-12-10-24(17(25)16(12)9-15)11-20(18(26)22-19(27)23-20)13-4-6-14(21)7-5-13/h3-9H,2,10-11H2,1H3,(H2,22,23,26,27)/t20-/m0/s1. The molecule has 2 aliphatic heterocycles. The lowest BCUT2D eigenvalue weighted by atomic mass is 9.89. The molecule has 0 spiro atoms. The second-order valence-electron chi connectivity index (χ2n) is 6.73. The molecule has 7 nitrogen and oxygen atoms in total. The minimum Gasteiger partial charge on any atom is -0.494 e. The van der Waals surface area contributed by atoms with Crippen LogP contribution in [0.4, 0.5) is 9.18 Å². The van der Waals surface area contributed by atoms with E-state index >= 15 is 0 Å². The summed E-state index contributed by atoms with van der Waals surface area (Å²) in [5, 5.41) is 4.83. The first-order valence-electron chi connectivity index (χ1n) is 8.87. The van der Waals surface area contributed by atoms with Gasteiger partial charge in [0.2, 0.25) is 0 Å². The van der Waals surface area contributed by atoms with E-state index in [0.29, 0.717) is 30.0 Å². The van der Waals surface area contributed by atoms with Crippen molar-refractivity contribution in [3.05, 3.63) is 65.0 Å². The van der Waals surface area contributed by atoms with E-state index in [1.165, 1.54) is 29.2 Å². The van der Waals surface area contributed by atoms with E-state index in [4.69, 9.17) is 4.74 Å². The summed E-state index contributed by atoms with van der Waals surface area (Å²) < 4.78 is 18.8. The zero-order valence-electron chi connectivity index (χ0n) is 15.1. The van der Waals surface area contributed by atoms with Gasteiger partial charge in [0.1, 0.15) is 11.6 Å². The topological polar surface area (TPSA) is 87.7 Å². The predicted molar refractivity (Wildman–Crippen MR) is 97.1 cm³/mol. The number of hydrogen-bond donors (Lipinski definition) is 2. The first-order valence-corrected chi connectivity index (χ1v) is 8.87. The van der Waals surface area contributed by atoms with Crippen LogP contribution in [0, 0.1) is 5.82 Å². The first-order chi connectivity index (χ1) is 13.4. The molecule has 0 radical (unpaired) electrons. The molecule has 2 aliphatic rings. The van der Waals surface area contributed by atoms with E-state index in [1.807, 2.05) is 13.0 Å². The smallest absolute Gasteiger partial charge is 0.322 e. The summed E-state index contributed by atoms with van der Waals surface area (Å²) in [4.78, 5) is 38.9. The molecule has 28 heavy (non-hydrogen) atoms. The van der Waals surface area contributed by atoms with Gasteiger partial charge in [0.25, 0.3) is 11.8 Å². The lowest BCUT2D eigenvalue weighted by molar-refractivity contribution is -0.124. The number of benzene rings is 2. The van der Waals surface area contributed by atoms with Crippen molar-refractivity contribution in [2.75, 3.05) is 13.2 Å². The molecule has 0 bridgehead atoms. The maximum absolute atomic E-state index is 13.4. The molecule has 1 atom stereocenters. The van der Waals surface area contributed by atoms with Crippen LogP contribution < -0.4 is 15.4 Å². The van der Waals surface area contributed by atoms with Gasteiger partial charge in [-0.1, -0.05) is 18.2 Å². The Kier molecular flexibility index (Phi) is 4.26.